The summed E-state index contributed by atoms with van der Waals surface area (Å²) in [7, 11) is 1.73. The van der Waals surface area contributed by atoms with Crippen LogP contribution in [-0.4, -0.2) is 49.0 Å². The molecule has 2 aromatic rings. The van der Waals surface area contributed by atoms with Gasteiger partial charge in [-0.1, -0.05) is 17.7 Å². The number of hydrogen-bond acceptors (Lipinski definition) is 5. The highest BCUT2D eigenvalue weighted by molar-refractivity contribution is 6.33. The van der Waals surface area contributed by atoms with Crippen molar-refractivity contribution in [1.82, 2.24) is 10.3 Å². The molecule has 1 atom stereocenters. The number of ether oxygens (including phenoxy) is 1. The van der Waals surface area contributed by atoms with Crippen molar-refractivity contribution >= 4 is 23.1 Å². The first-order valence-corrected chi connectivity index (χ1v) is 12.1. The second-order valence-electron chi connectivity index (χ2n) is 9.46. The summed E-state index contributed by atoms with van der Waals surface area (Å²) in [5, 5.41) is 10.6. The fraction of sp³-hybridized carbons (Fsp3) is 0.560. The first kappa shape index (κ1) is 24.2. The quantitative estimate of drug-likeness (QED) is 0.402. The van der Waals surface area contributed by atoms with Crippen LogP contribution in [0.3, 0.4) is 0 Å². The van der Waals surface area contributed by atoms with Crippen LogP contribution >= 0.6 is 11.6 Å². The number of nitrogens with one attached hydrogen (secondary N) is 3. The lowest BCUT2D eigenvalue weighted by Gasteiger charge is -2.32. The van der Waals surface area contributed by atoms with E-state index in [1.165, 1.54) is 6.07 Å². The molecule has 1 aromatic carbocycles. The molecular formula is C25H33ClF2N4O. The number of hydrogen-bond donors (Lipinski definition) is 3. The maximum atomic E-state index is 14.3. The molecule has 2 saturated carbocycles. The molecule has 0 spiro atoms. The van der Waals surface area contributed by atoms with E-state index in [2.05, 4.69) is 27.9 Å². The Balaban J connectivity index is 1.39. The van der Waals surface area contributed by atoms with E-state index in [0.717, 1.165) is 42.6 Å². The van der Waals surface area contributed by atoms with E-state index in [-0.39, 0.29) is 12.2 Å². The van der Waals surface area contributed by atoms with Crippen LogP contribution in [-0.2, 0) is 4.74 Å². The Kier molecular flexibility index (Phi) is 7.72. The largest absolute Gasteiger partial charge is 0.383 e. The van der Waals surface area contributed by atoms with Crippen LogP contribution in [0.5, 0.6) is 0 Å². The molecule has 0 bridgehead atoms. The monoisotopic (exact) mass is 478 g/mol. The Labute approximate surface area is 199 Å². The van der Waals surface area contributed by atoms with E-state index >= 15 is 0 Å². The van der Waals surface area contributed by atoms with Crippen LogP contribution < -0.4 is 16.0 Å². The summed E-state index contributed by atoms with van der Waals surface area (Å²) >= 11 is 6.44. The Morgan fingerprint density at radius 2 is 1.91 bits per heavy atom. The average Bonchev–Trinajstić information content (AvgIpc) is 3.53. The fourth-order valence-electron chi connectivity index (χ4n) is 4.45. The number of aromatic nitrogens is 1. The summed E-state index contributed by atoms with van der Waals surface area (Å²) in [4.78, 5) is 4.45. The molecule has 5 nitrogen and oxygen atoms in total. The molecule has 0 unspecified atom stereocenters. The third kappa shape index (κ3) is 6.55. The van der Waals surface area contributed by atoms with Crippen molar-refractivity contribution in [3.63, 3.8) is 0 Å². The van der Waals surface area contributed by atoms with Gasteiger partial charge in [0.15, 0.2) is 0 Å². The highest BCUT2D eigenvalue weighted by Gasteiger charge is 2.42. The van der Waals surface area contributed by atoms with Crippen LogP contribution in [0.25, 0.3) is 11.1 Å². The highest BCUT2D eigenvalue weighted by Crippen LogP contribution is 2.40. The normalized spacial score (nSPS) is 22.6. The van der Waals surface area contributed by atoms with E-state index in [1.807, 2.05) is 6.07 Å². The fourth-order valence-corrected chi connectivity index (χ4v) is 4.66. The molecule has 0 radical (unpaired) electrons. The van der Waals surface area contributed by atoms with Crippen molar-refractivity contribution < 1.29 is 13.5 Å². The second-order valence-corrected chi connectivity index (χ2v) is 9.87. The Morgan fingerprint density at radius 1 is 1.18 bits per heavy atom. The molecule has 1 heterocycles. The molecule has 2 fully saturated rings. The van der Waals surface area contributed by atoms with Gasteiger partial charge in [-0.3, -0.25) is 0 Å². The average molecular weight is 479 g/mol. The van der Waals surface area contributed by atoms with E-state index in [1.54, 1.807) is 25.4 Å². The Morgan fingerprint density at radius 3 is 2.61 bits per heavy atom. The number of methoxy groups -OCH3 is 1. The van der Waals surface area contributed by atoms with Crippen LogP contribution in [0.2, 0.25) is 5.02 Å². The van der Waals surface area contributed by atoms with Gasteiger partial charge < -0.3 is 20.7 Å². The van der Waals surface area contributed by atoms with Crippen molar-refractivity contribution in [2.24, 2.45) is 0 Å². The van der Waals surface area contributed by atoms with Gasteiger partial charge in [0.05, 0.1) is 17.3 Å². The third-order valence-corrected chi connectivity index (χ3v) is 6.84. The lowest BCUT2D eigenvalue weighted by atomic mass is 9.90. The van der Waals surface area contributed by atoms with Gasteiger partial charge in [-0.25, -0.2) is 13.8 Å². The van der Waals surface area contributed by atoms with Crippen LogP contribution in [0, 0.1) is 5.82 Å². The zero-order valence-corrected chi connectivity index (χ0v) is 20.0. The maximum absolute atomic E-state index is 14.3. The van der Waals surface area contributed by atoms with Crippen molar-refractivity contribution in [2.45, 2.75) is 69.2 Å². The number of pyridine rings is 1. The summed E-state index contributed by atoms with van der Waals surface area (Å²) in [6, 6.07) is 7.86. The van der Waals surface area contributed by atoms with Gasteiger partial charge in [-0.2, -0.15) is 0 Å². The van der Waals surface area contributed by atoms with Gasteiger partial charge in [0.1, 0.15) is 17.3 Å². The van der Waals surface area contributed by atoms with Crippen molar-refractivity contribution in [2.75, 3.05) is 30.9 Å². The molecule has 3 N–H and O–H groups in total. The van der Waals surface area contributed by atoms with Crippen LogP contribution in [0.15, 0.2) is 30.5 Å². The number of halogens is 3. The molecule has 8 heteroatoms. The molecule has 2 aliphatic rings. The van der Waals surface area contributed by atoms with Gasteiger partial charge >= 0.3 is 0 Å². The van der Waals surface area contributed by atoms with Gasteiger partial charge in [-0.05, 0) is 69.2 Å². The third-order valence-electron chi connectivity index (χ3n) is 6.54. The molecule has 33 heavy (non-hydrogen) atoms. The molecular weight excluding hydrogens is 446 g/mol. The number of alkyl halides is 1. The Bertz CT molecular complexity index is 948. The van der Waals surface area contributed by atoms with Gasteiger partial charge in [-0.15, -0.1) is 0 Å². The molecule has 4 rings (SSSR count). The molecule has 1 aromatic heterocycles. The minimum Gasteiger partial charge on any atom is -0.383 e. The standard InChI is InChI=1S/C25H33ClF2N4O/c1-16(14-33-2)31-18-4-6-19(7-5-18)32-24-12-20(21(26)13-29-24)17-3-8-22(27)23(11-17)30-15-25(28)9-10-25/h3,8,11-13,16,18-19,30-31H,4-7,9-10,14-15H2,1-2H3,(H,29,32)/t16-,18?,19?/m1/s1. The minimum atomic E-state index is -1.20. The SMILES string of the molecule is COC[C@@H](C)NC1CCC(Nc2cc(-c3ccc(F)c(NCC4(F)CC4)c3)c(Cl)cn2)CC1. The summed E-state index contributed by atoms with van der Waals surface area (Å²) in [5.41, 5.74) is 0.609. The van der Waals surface area contributed by atoms with Crippen LogP contribution in [0.4, 0.5) is 20.3 Å². The number of anilines is 2. The minimum absolute atomic E-state index is 0.117. The molecule has 0 saturated heterocycles. The predicted octanol–water partition coefficient (Wildman–Crippen LogP) is 5.80. The van der Waals surface area contributed by atoms with Gasteiger partial charge in [0.25, 0.3) is 0 Å². The van der Waals surface area contributed by atoms with E-state index < -0.39 is 11.5 Å². The summed E-state index contributed by atoms with van der Waals surface area (Å²) in [5.74, 6) is 0.342. The Hall–Kier alpha value is -1.96. The lowest BCUT2D eigenvalue weighted by molar-refractivity contribution is 0.161. The van der Waals surface area contributed by atoms with E-state index in [9.17, 15) is 8.78 Å². The molecule has 0 aliphatic heterocycles. The zero-order valence-electron chi connectivity index (χ0n) is 19.3. The number of nitrogens with zero attached hydrogens (tertiary/aromatic N) is 1. The molecule has 180 valence electrons. The number of benzene rings is 1. The summed E-state index contributed by atoms with van der Waals surface area (Å²) < 4.78 is 33.5. The first-order valence-electron chi connectivity index (χ1n) is 11.7. The van der Waals surface area contributed by atoms with Crippen molar-refractivity contribution in [3.8, 4) is 11.1 Å². The highest BCUT2D eigenvalue weighted by atomic mass is 35.5. The van der Waals surface area contributed by atoms with E-state index in [4.69, 9.17) is 16.3 Å². The van der Waals surface area contributed by atoms with Crippen molar-refractivity contribution in [3.05, 3.63) is 41.3 Å². The first-order chi connectivity index (χ1) is 15.8. The van der Waals surface area contributed by atoms with Gasteiger partial charge in [0, 0.05) is 43.5 Å². The topological polar surface area (TPSA) is 58.2 Å². The summed E-state index contributed by atoms with van der Waals surface area (Å²) in [6.07, 6.45) is 6.95. The van der Waals surface area contributed by atoms with Crippen LogP contribution in [0.1, 0.15) is 45.4 Å². The number of rotatable bonds is 10. The van der Waals surface area contributed by atoms with Crippen molar-refractivity contribution in [1.29, 1.82) is 0 Å². The molecule has 2 aliphatic carbocycles. The smallest absolute Gasteiger partial charge is 0.146 e. The lowest BCUT2D eigenvalue weighted by Crippen LogP contribution is -2.42. The molecule has 0 amide bonds. The second kappa shape index (κ2) is 10.5. The maximum Gasteiger partial charge on any atom is 0.146 e. The van der Waals surface area contributed by atoms with Gasteiger partial charge in [0.2, 0.25) is 0 Å². The summed E-state index contributed by atoms with van der Waals surface area (Å²) in [6.45, 7) is 2.97. The van der Waals surface area contributed by atoms with E-state index in [0.29, 0.717) is 42.6 Å². The zero-order chi connectivity index (χ0) is 23.4. The predicted molar refractivity (Wildman–Crippen MR) is 130 cm³/mol.